The molecule has 3 N–H and O–H groups in total. The first kappa shape index (κ1) is 31.2. The van der Waals surface area contributed by atoms with Crippen molar-refractivity contribution < 1.29 is 41.5 Å². The van der Waals surface area contributed by atoms with E-state index in [0.717, 1.165) is 30.6 Å². The van der Waals surface area contributed by atoms with E-state index in [9.17, 15) is 41.5 Å². The van der Waals surface area contributed by atoms with E-state index in [1.54, 1.807) is 9.80 Å². The van der Waals surface area contributed by atoms with Crippen molar-refractivity contribution in [2.75, 3.05) is 37.7 Å². The molecule has 45 heavy (non-hydrogen) atoms. The van der Waals surface area contributed by atoms with Gasteiger partial charge in [0.1, 0.15) is 12.1 Å². The third-order valence-electron chi connectivity index (χ3n) is 10.2. The molecule has 7 rings (SSSR count). The Morgan fingerprint density at radius 1 is 1.02 bits per heavy atom. The molecule has 5 aliphatic rings. The van der Waals surface area contributed by atoms with Crippen molar-refractivity contribution in [2.24, 2.45) is 11.8 Å². The number of nitrogens with one attached hydrogen (secondary N) is 1. The van der Waals surface area contributed by atoms with Crippen LogP contribution in [-0.4, -0.2) is 112 Å². The predicted octanol–water partition coefficient (Wildman–Crippen LogP) is 1.88. The summed E-state index contributed by atoms with van der Waals surface area (Å²) in [5.41, 5.74) is -0.177. The van der Waals surface area contributed by atoms with Crippen molar-refractivity contribution in [3.8, 4) is 0 Å². The molecular formula is C29H36FN4O8PS2. The average Bonchev–Trinajstić information content (AvgIpc) is 3.33. The minimum atomic E-state index is -4.98. The Morgan fingerprint density at radius 2 is 1.73 bits per heavy atom. The summed E-state index contributed by atoms with van der Waals surface area (Å²) in [4.78, 5) is 65.6. The summed E-state index contributed by atoms with van der Waals surface area (Å²) in [5, 5.41) is 3.39. The number of halogens is 1. The zero-order valence-corrected chi connectivity index (χ0v) is 27.0. The van der Waals surface area contributed by atoms with Crippen molar-refractivity contribution in [1.82, 2.24) is 20.0 Å². The normalized spacial score (nSPS) is 31.0. The molecule has 3 amide bonds. The second-order valence-corrected chi connectivity index (χ2v) is 18.2. The summed E-state index contributed by atoms with van der Waals surface area (Å²) < 4.78 is 49.9. The SMILES string of the molecule is O=C(N[C@H]1C[C@H]2C[C@H]2C[C@H]2CC[C@@H](C(=O)N3CC(N4CCS(=O)(=O)CC4)C3)N2C1=O)c1cc2cc(C(F)P(=O)(O)O)ccc2s1. The number of sulfone groups is 1. The molecule has 0 spiro atoms. The van der Waals surface area contributed by atoms with Gasteiger partial charge < -0.3 is 24.9 Å². The van der Waals surface area contributed by atoms with Crippen LogP contribution in [0.4, 0.5) is 4.39 Å². The number of benzene rings is 1. The smallest absolute Gasteiger partial charge is 0.340 e. The fourth-order valence-corrected chi connectivity index (χ4v) is 10.3. The van der Waals surface area contributed by atoms with Crippen LogP contribution in [0.15, 0.2) is 24.3 Å². The highest BCUT2D eigenvalue weighted by Crippen LogP contribution is 2.53. The highest BCUT2D eigenvalue weighted by Gasteiger charge is 2.52. The van der Waals surface area contributed by atoms with Crippen molar-refractivity contribution in [3.05, 3.63) is 34.7 Å². The number of thiophene rings is 1. The fourth-order valence-electron chi connectivity index (χ4n) is 7.55. The molecule has 5 fully saturated rings. The summed E-state index contributed by atoms with van der Waals surface area (Å²) >= 11 is 1.14. The molecule has 0 radical (unpaired) electrons. The third kappa shape index (κ3) is 6.07. The molecule has 4 saturated heterocycles. The van der Waals surface area contributed by atoms with Gasteiger partial charge in [-0.15, -0.1) is 11.3 Å². The molecule has 0 bridgehead atoms. The Morgan fingerprint density at radius 3 is 2.44 bits per heavy atom. The van der Waals surface area contributed by atoms with E-state index in [1.807, 2.05) is 0 Å². The largest absolute Gasteiger partial charge is 0.363 e. The van der Waals surface area contributed by atoms with E-state index in [0.29, 0.717) is 65.8 Å². The molecular weight excluding hydrogens is 646 g/mol. The van der Waals surface area contributed by atoms with Crippen LogP contribution >= 0.6 is 18.9 Å². The number of carbonyl (C=O) groups is 3. The Balaban J connectivity index is 1.04. The van der Waals surface area contributed by atoms with Gasteiger partial charge in [0.25, 0.3) is 5.91 Å². The quantitative estimate of drug-likeness (QED) is 0.386. The van der Waals surface area contributed by atoms with E-state index in [-0.39, 0.29) is 41.0 Å². The van der Waals surface area contributed by atoms with Crippen LogP contribution in [0.2, 0.25) is 0 Å². The van der Waals surface area contributed by atoms with Crippen LogP contribution < -0.4 is 5.32 Å². The maximum atomic E-state index is 14.3. The number of rotatable bonds is 6. The number of amides is 3. The lowest BCUT2D eigenvalue weighted by Gasteiger charge is -2.48. The second kappa shape index (κ2) is 11.4. The molecule has 12 nitrogen and oxygen atoms in total. The van der Waals surface area contributed by atoms with Gasteiger partial charge >= 0.3 is 7.60 Å². The van der Waals surface area contributed by atoms with Gasteiger partial charge in [0, 0.05) is 43.0 Å². The van der Waals surface area contributed by atoms with Gasteiger partial charge in [-0.3, -0.25) is 23.8 Å². The van der Waals surface area contributed by atoms with Gasteiger partial charge in [-0.2, -0.15) is 0 Å². The summed E-state index contributed by atoms with van der Waals surface area (Å²) in [6, 6.07) is 4.33. The van der Waals surface area contributed by atoms with Gasteiger partial charge in [0.05, 0.1) is 16.4 Å². The van der Waals surface area contributed by atoms with Crippen LogP contribution in [0, 0.1) is 11.8 Å². The third-order valence-corrected chi connectivity index (χ3v) is 13.8. The van der Waals surface area contributed by atoms with Crippen molar-refractivity contribution in [1.29, 1.82) is 0 Å². The van der Waals surface area contributed by atoms with Gasteiger partial charge in [0.15, 0.2) is 9.84 Å². The van der Waals surface area contributed by atoms with E-state index in [4.69, 9.17) is 0 Å². The van der Waals surface area contributed by atoms with Crippen LogP contribution in [-0.2, 0) is 24.0 Å². The zero-order valence-electron chi connectivity index (χ0n) is 24.5. The Labute approximate surface area is 264 Å². The Hall–Kier alpha value is -2.42. The van der Waals surface area contributed by atoms with Gasteiger partial charge in [-0.25, -0.2) is 12.8 Å². The topological polar surface area (TPSA) is 165 Å². The number of fused-ring (bicyclic) bond motifs is 3. The number of carbonyl (C=O) groups excluding carboxylic acids is 3. The molecule has 1 unspecified atom stereocenters. The highest BCUT2D eigenvalue weighted by molar-refractivity contribution is 7.91. The standard InChI is InChI=1S/C29H36FN4O8PS2/c30-26(43(38,39)40)16-1-4-24-19(9-16)13-25(44-24)27(35)31-22-12-18-10-17(18)11-20-2-3-23(34(20)28(22)36)29(37)33-14-21(15-33)32-5-7-45(41,42)8-6-32/h1,4,9,13,17-18,20-23,26H,2-3,5-8,10-12,14-15H2,(H,31,35)(H2,38,39,40)/t17-,18+,20+,22-,23-,26?/m0/s1. The van der Waals surface area contributed by atoms with Gasteiger partial charge in [-0.1, -0.05) is 6.07 Å². The van der Waals surface area contributed by atoms with E-state index < -0.39 is 41.3 Å². The zero-order chi connectivity index (χ0) is 31.8. The molecule has 2 aromatic rings. The van der Waals surface area contributed by atoms with Crippen molar-refractivity contribution in [3.63, 3.8) is 0 Å². The monoisotopic (exact) mass is 682 g/mol. The molecule has 4 aliphatic heterocycles. The lowest BCUT2D eigenvalue weighted by molar-refractivity contribution is -0.151. The van der Waals surface area contributed by atoms with Crippen molar-refractivity contribution >= 4 is 56.6 Å². The fraction of sp³-hybridized carbons (Fsp3) is 0.621. The average molecular weight is 683 g/mol. The molecule has 16 heteroatoms. The number of hydrogen-bond acceptors (Lipinski definition) is 8. The first-order valence-corrected chi connectivity index (χ1v) is 19.7. The lowest BCUT2D eigenvalue weighted by Crippen LogP contribution is -2.66. The first-order chi connectivity index (χ1) is 21.3. The Kier molecular flexibility index (Phi) is 7.89. The van der Waals surface area contributed by atoms with E-state index in [2.05, 4.69) is 10.2 Å². The summed E-state index contributed by atoms with van der Waals surface area (Å²) in [5.74, 6) is -2.22. The number of nitrogens with zero attached hydrogens (tertiary/aromatic N) is 3. The molecule has 1 aromatic carbocycles. The number of alkyl halides is 1. The summed E-state index contributed by atoms with van der Waals surface area (Å²) in [6.45, 7) is 1.97. The van der Waals surface area contributed by atoms with E-state index in [1.165, 1.54) is 24.3 Å². The van der Waals surface area contributed by atoms with Crippen LogP contribution in [0.1, 0.15) is 53.3 Å². The number of hydrogen-bond donors (Lipinski definition) is 3. The van der Waals surface area contributed by atoms with Crippen LogP contribution in [0.3, 0.4) is 0 Å². The highest BCUT2D eigenvalue weighted by atomic mass is 32.2. The Bertz CT molecular complexity index is 1690. The van der Waals surface area contributed by atoms with Gasteiger partial charge in [-0.05, 0) is 73.1 Å². The molecule has 1 saturated carbocycles. The van der Waals surface area contributed by atoms with E-state index >= 15 is 0 Å². The maximum absolute atomic E-state index is 14.3. The minimum Gasteiger partial charge on any atom is -0.340 e. The minimum absolute atomic E-state index is 0.0593. The van der Waals surface area contributed by atoms with Crippen LogP contribution in [0.5, 0.6) is 0 Å². The maximum Gasteiger partial charge on any atom is 0.363 e. The molecule has 1 aliphatic carbocycles. The summed E-state index contributed by atoms with van der Waals surface area (Å²) in [6.07, 6.45) is 3.63. The predicted molar refractivity (Wildman–Crippen MR) is 164 cm³/mol. The van der Waals surface area contributed by atoms with Crippen LogP contribution in [0.25, 0.3) is 10.1 Å². The number of likely N-dealkylation sites (tertiary alicyclic amines) is 1. The molecule has 5 heterocycles. The summed E-state index contributed by atoms with van der Waals surface area (Å²) in [7, 11) is -7.97. The van der Waals surface area contributed by atoms with Gasteiger partial charge in [0.2, 0.25) is 17.7 Å². The second-order valence-electron chi connectivity index (χ2n) is 13.2. The molecule has 1 aromatic heterocycles. The lowest BCUT2D eigenvalue weighted by atomic mass is 9.98. The molecule has 6 atom stereocenters. The molecule has 244 valence electrons. The first-order valence-electron chi connectivity index (χ1n) is 15.4. The van der Waals surface area contributed by atoms with Crippen molar-refractivity contribution in [2.45, 2.75) is 62.2 Å².